The molecule has 0 saturated heterocycles. The predicted octanol–water partition coefficient (Wildman–Crippen LogP) is 7.32. The van der Waals surface area contributed by atoms with Gasteiger partial charge in [0.05, 0.1) is 18.7 Å². The third-order valence-electron chi connectivity index (χ3n) is 7.74. The molecular weight excluding hydrogens is 637 g/mol. The summed E-state index contributed by atoms with van der Waals surface area (Å²) in [5.41, 5.74) is -0.229. The van der Waals surface area contributed by atoms with Crippen LogP contribution in [-0.4, -0.2) is 64.1 Å². The largest absolute Gasteiger partial charge is 2.00 e. The number of carbonyl (C=O) groups excluding carboxylic acids is 2. The van der Waals surface area contributed by atoms with Crippen molar-refractivity contribution in [1.29, 1.82) is 0 Å². The van der Waals surface area contributed by atoms with Crippen molar-refractivity contribution >= 4 is 63.1 Å². The van der Waals surface area contributed by atoms with Crippen LogP contribution >= 0.6 is 0 Å². The normalized spacial score (nSPS) is 12.8. The molecule has 3 aromatic carbocycles. The Kier molecular flexibility index (Phi) is 12.5. The second kappa shape index (κ2) is 16.6. The summed E-state index contributed by atoms with van der Waals surface area (Å²) in [6.45, 7) is 2.64. The summed E-state index contributed by atoms with van der Waals surface area (Å²) >= 11 is 0. The molecule has 0 aliphatic heterocycles. The maximum atomic E-state index is 15.3. The second-order valence-electron chi connectivity index (χ2n) is 11.2. The van der Waals surface area contributed by atoms with Crippen LogP contribution in [0.5, 0.6) is 23.0 Å². The third-order valence-corrected chi connectivity index (χ3v) is 7.74. The number of carbonyl (C=O) groups is 3. The van der Waals surface area contributed by atoms with E-state index >= 15 is 4.39 Å². The molecule has 13 heteroatoms. The van der Waals surface area contributed by atoms with Crippen molar-refractivity contribution in [2.24, 2.45) is 5.41 Å². The summed E-state index contributed by atoms with van der Waals surface area (Å²) in [4.78, 5) is 41.0. The Bertz CT molecular complexity index is 1780. The van der Waals surface area contributed by atoms with E-state index in [-0.39, 0.29) is 43.8 Å². The van der Waals surface area contributed by atoms with Gasteiger partial charge in [-0.1, -0.05) is 12.8 Å². The van der Waals surface area contributed by atoms with Crippen LogP contribution in [0, 0.1) is 17.0 Å². The van der Waals surface area contributed by atoms with E-state index in [0.717, 1.165) is 25.3 Å². The molecule has 1 aliphatic rings. The number of fused-ring (bicyclic) bond motifs is 1. The van der Waals surface area contributed by atoms with Crippen LogP contribution in [-0.2, 0) is 14.4 Å². The van der Waals surface area contributed by atoms with Gasteiger partial charge in [-0.25, -0.2) is 8.78 Å². The number of rotatable bonds is 16. The van der Waals surface area contributed by atoms with Crippen LogP contribution in [0.3, 0.4) is 0 Å². The van der Waals surface area contributed by atoms with E-state index in [1.807, 2.05) is 6.92 Å². The number of carboxylic acid groups (broad SMARTS) is 1. The van der Waals surface area contributed by atoms with Crippen LogP contribution in [0.15, 0.2) is 66.9 Å². The molecule has 0 atom stereocenters. The first-order chi connectivity index (χ1) is 22.7. The first-order valence-corrected chi connectivity index (χ1v) is 15.4. The minimum atomic E-state index is -1.29. The molecule has 10 nitrogen and oxygen atoms in total. The van der Waals surface area contributed by atoms with Gasteiger partial charge in [-0.3, -0.25) is 19.4 Å². The topological polar surface area (TPSA) is 136 Å². The number of anilines is 2. The fourth-order valence-corrected chi connectivity index (χ4v) is 5.01. The third kappa shape index (κ3) is 9.10. The molecule has 250 valence electrons. The molecule has 2 amide bonds. The van der Waals surface area contributed by atoms with Crippen molar-refractivity contribution in [3.63, 3.8) is 0 Å². The molecule has 1 fully saturated rings. The number of benzene rings is 3. The number of aliphatic carboxylic acids is 1. The number of nitrogens with zero attached hydrogens (tertiary/aromatic N) is 1. The number of aromatic nitrogens is 1. The predicted molar refractivity (Wildman–Crippen MR) is 179 cm³/mol. The Morgan fingerprint density at radius 2 is 1.50 bits per heavy atom. The van der Waals surface area contributed by atoms with Crippen molar-refractivity contribution in [3.05, 3.63) is 78.5 Å². The minimum absolute atomic E-state index is 0. The number of hydrogen-bond acceptors (Lipinski definition) is 7. The van der Waals surface area contributed by atoms with E-state index in [2.05, 4.69) is 15.6 Å². The number of amides is 2. The molecule has 0 radical (unpaired) electrons. The monoisotopic (exact) mass is 673 g/mol. The number of carboxylic acids is 1. The standard InChI is InChI=1S/C35H35F2N3O7.Mg.2H/c1-2-45-30-20-25-27(21-31(30)46-18-6-4-3-5-7-32(41)42)38-17-14-28(25)47-29-13-12-24(19-26(29)37)40-34(44)35(15-16-35)33(43)39-23-10-8-22(36)9-11-23;;;/h8-14,17,19-21H,2-7,15-16,18H2,1H3,(H,39,43)(H,40,44)(H,41,42);;;/q;+2;2*-1. The van der Waals surface area contributed by atoms with Gasteiger partial charge in [0.15, 0.2) is 23.1 Å². The van der Waals surface area contributed by atoms with Gasteiger partial charge in [-0.15, -0.1) is 0 Å². The summed E-state index contributed by atoms with van der Waals surface area (Å²) in [5, 5.41) is 14.6. The number of ether oxygens (including phenoxy) is 3. The van der Waals surface area contributed by atoms with Gasteiger partial charge >= 0.3 is 29.0 Å². The van der Waals surface area contributed by atoms with Crippen molar-refractivity contribution in [2.75, 3.05) is 23.8 Å². The Morgan fingerprint density at radius 3 is 2.17 bits per heavy atom. The molecule has 0 bridgehead atoms. The van der Waals surface area contributed by atoms with Gasteiger partial charge in [-0.2, -0.15) is 0 Å². The number of halogens is 2. The van der Waals surface area contributed by atoms with Gasteiger partial charge in [0.25, 0.3) is 0 Å². The van der Waals surface area contributed by atoms with Crippen LogP contribution in [0.1, 0.15) is 54.7 Å². The molecule has 5 rings (SSSR count). The van der Waals surface area contributed by atoms with E-state index in [4.69, 9.17) is 19.3 Å². The SMILES string of the molecule is CCOc1cc2c(Oc3ccc(NC(=O)C4(C(=O)Nc5ccc(F)cc5)CC4)cc3F)ccnc2cc1OCCCCCCC(=O)O.[H-].[H-].[Mg+2]. The molecule has 3 N–H and O–H groups in total. The molecule has 1 saturated carbocycles. The van der Waals surface area contributed by atoms with E-state index < -0.39 is 34.8 Å². The Hall–Kier alpha value is -4.49. The summed E-state index contributed by atoms with van der Waals surface area (Å²) in [5.74, 6) is -1.85. The zero-order valence-electron chi connectivity index (χ0n) is 28.5. The van der Waals surface area contributed by atoms with Crippen molar-refractivity contribution in [2.45, 2.75) is 51.9 Å². The van der Waals surface area contributed by atoms with E-state index in [0.29, 0.717) is 66.3 Å². The molecule has 4 aromatic rings. The number of hydrogen-bond donors (Lipinski definition) is 3. The van der Waals surface area contributed by atoms with Crippen molar-refractivity contribution in [1.82, 2.24) is 4.98 Å². The van der Waals surface area contributed by atoms with Crippen LogP contribution in [0.2, 0.25) is 0 Å². The Morgan fingerprint density at radius 1 is 0.833 bits per heavy atom. The van der Waals surface area contributed by atoms with Gasteiger partial charge in [-0.05, 0) is 81.1 Å². The molecule has 1 aliphatic carbocycles. The first-order valence-electron chi connectivity index (χ1n) is 15.4. The van der Waals surface area contributed by atoms with Crippen LogP contribution in [0.4, 0.5) is 20.2 Å². The molecule has 48 heavy (non-hydrogen) atoms. The van der Waals surface area contributed by atoms with Gasteiger partial charge in [0, 0.05) is 41.5 Å². The second-order valence-corrected chi connectivity index (χ2v) is 11.2. The van der Waals surface area contributed by atoms with E-state index in [1.54, 1.807) is 18.2 Å². The van der Waals surface area contributed by atoms with Gasteiger partial charge in [0.1, 0.15) is 17.0 Å². The van der Waals surface area contributed by atoms with E-state index in [1.165, 1.54) is 42.6 Å². The molecular formula is C35H37F2MgN3O7. The number of unbranched alkanes of at least 4 members (excludes halogenated alkanes) is 3. The van der Waals surface area contributed by atoms with E-state index in [9.17, 15) is 18.8 Å². The summed E-state index contributed by atoms with van der Waals surface area (Å²) in [6.07, 6.45) is 5.35. The maximum absolute atomic E-state index is 15.3. The summed E-state index contributed by atoms with van der Waals surface area (Å²) in [7, 11) is 0. The summed E-state index contributed by atoms with van der Waals surface area (Å²) < 4.78 is 46.2. The zero-order chi connectivity index (χ0) is 33.4. The number of pyridine rings is 1. The van der Waals surface area contributed by atoms with Crippen molar-refractivity contribution in [3.8, 4) is 23.0 Å². The molecule has 1 heterocycles. The zero-order valence-corrected chi connectivity index (χ0v) is 27.9. The number of nitrogens with one attached hydrogen (secondary N) is 2. The fraction of sp³-hybridized carbons (Fsp3) is 0.314. The van der Waals surface area contributed by atoms with Crippen molar-refractivity contribution < 1.29 is 45.3 Å². The molecule has 0 spiro atoms. The Labute approximate surface area is 295 Å². The average molecular weight is 674 g/mol. The smallest absolute Gasteiger partial charge is 1.00 e. The average Bonchev–Trinajstić information content (AvgIpc) is 3.86. The van der Waals surface area contributed by atoms with Gasteiger partial charge in [0.2, 0.25) is 11.8 Å². The Balaban J connectivity index is 0.00000289. The maximum Gasteiger partial charge on any atom is 2.00 e. The quantitative estimate of drug-likeness (QED) is 0.0640. The van der Waals surface area contributed by atoms with Crippen LogP contribution in [0.25, 0.3) is 10.9 Å². The van der Waals surface area contributed by atoms with Gasteiger partial charge < -0.3 is 32.8 Å². The molecule has 0 unspecified atom stereocenters. The minimum Gasteiger partial charge on any atom is -1.00 e. The first kappa shape index (κ1) is 36.3. The molecule has 1 aromatic heterocycles. The van der Waals surface area contributed by atoms with Crippen LogP contribution < -0.4 is 24.8 Å². The fourth-order valence-electron chi connectivity index (χ4n) is 5.01. The summed E-state index contributed by atoms with van der Waals surface area (Å²) in [6, 6.07) is 14.3.